The van der Waals surface area contributed by atoms with E-state index in [0.717, 1.165) is 16.9 Å². The van der Waals surface area contributed by atoms with E-state index < -0.39 is 0 Å². The van der Waals surface area contributed by atoms with Crippen molar-refractivity contribution in [1.82, 2.24) is 14.7 Å². The molecule has 0 bridgehead atoms. The quantitative estimate of drug-likeness (QED) is 0.809. The lowest BCUT2D eigenvalue weighted by Crippen LogP contribution is -2.40. The van der Waals surface area contributed by atoms with E-state index in [1.807, 2.05) is 47.7 Å². The number of nitrogens with zero attached hydrogens (tertiary/aromatic N) is 4. The Hall–Kier alpha value is -2.61. The predicted octanol–water partition coefficient (Wildman–Crippen LogP) is 3.64. The van der Waals surface area contributed by atoms with Gasteiger partial charge in [-0.3, -0.25) is 4.79 Å². The Balaban J connectivity index is 1.91. The topological polar surface area (TPSA) is 61.9 Å². The summed E-state index contributed by atoms with van der Waals surface area (Å²) in [6, 6.07) is 10.3. The van der Waals surface area contributed by atoms with Crippen molar-refractivity contribution in [2.75, 3.05) is 6.54 Å². The second-order valence-electron chi connectivity index (χ2n) is 6.83. The number of aryl methyl sites for hydroxylation is 1. The molecule has 0 radical (unpaired) electrons. The average molecular weight is 336 g/mol. The van der Waals surface area contributed by atoms with E-state index in [1.165, 1.54) is 12.8 Å². The molecular formula is C20H24N4O. The van der Waals surface area contributed by atoms with Crippen molar-refractivity contribution < 1.29 is 4.79 Å². The van der Waals surface area contributed by atoms with Crippen LogP contribution in [0.3, 0.4) is 0 Å². The first-order chi connectivity index (χ1) is 12.0. The number of aromatic nitrogens is 2. The fourth-order valence-electron chi connectivity index (χ4n) is 3.31. The summed E-state index contributed by atoms with van der Waals surface area (Å²) in [4.78, 5) is 15.0. The van der Waals surface area contributed by atoms with Gasteiger partial charge >= 0.3 is 0 Å². The number of benzene rings is 1. The van der Waals surface area contributed by atoms with Crippen LogP contribution in [0, 0.1) is 31.1 Å². The van der Waals surface area contributed by atoms with Crippen molar-refractivity contribution in [3.05, 3.63) is 47.3 Å². The van der Waals surface area contributed by atoms with Gasteiger partial charge in [-0.05, 0) is 51.2 Å². The molecule has 1 amide bonds. The zero-order valence-electron chi connectivity index (χ0n) is 15.1. The highest BCUT2D eigenvalue weighted by molar-refractivity contribution is 5.95. The number of hydrogen-bond acceptors (Lipinski definition) is 3. The number of nitriles is 1. The van der Waals surface area contributed by atoms with E-state index >= 15 is 0 Å². The van der Waals surface area contributed by atoms with Gasteiger partial charge in [0.2, 0.25) is 0 Å². The van der Waals surface area contributed by atoms with Gasteiger partial charge in [0.1, 0.15) is 0 Å². The zero-order chi connectivity index (χ0) is 18.0. The molecule has 2 aromatic rings. The molecule has 1 unspecified atom stereocenters. The summed E-state index contributed by atoms with van der Waals surface area (Å²) in [6.07, 6.45) is 4.34. The summed E-state index contributed by atoms with van der Waals surface area (Å²) < 4.78 is 1.83. The lowest BCUT2D eigenvalue weighted by Gasteiger charge is -2.28. The number of carbonyl (C=O) groups is 1. The lowest BCUT2D eigenvalue weighted by molar-refractivity contribution is 0.0676. The predicted molar refractivity (Wildman–Crippen MR) is 96.5 cm³/mol. The minimum absolute atomic E-state index is 0.0213. The monoisotopic (exact) mass is 336 g/mol. The molecule has 1 aliphatic rings. The van der Waals surface area contributed by atoms with Gasteiger partial charge in [-0.25, -0.2) is 4.68 Å². The van der Waals surface area contributed by atoms with E-state index in [1.54, 1.807) is 6.20 Å². The van der Waals surface area contributed by atoms with Gasteiger partial charge in [-0.2, -0.15) is 10.4 Å². The van der Waals surface area contributed by atoms with E-state index in [2.05, 4.69) is 18.1 Å². The largest absolute Gasteiger partial charge is 0.335 e. The third-order valence-electron chi connectivity index (χ3n) is 5.11. The van der Waals surface area contributed by atoms with Crippen LogP contribution in [0.1, 0.15) is 47.8 Å². The van der Waals surface area contributed by atoms with Crippen LogP contribution in [0.25, 0.3) is 5.69 Å². The van der Waals surface area contributed by atoms with Gasteiger partial charge in [0.15, 0.2) is 0 Å². The third kappa shape index (κ3) is 3.43. The summed E-state index contributed by atoms with van der Waals surface area (Å²) in [5.41, 5.74) is 3.55. The number of rotatable bonds is 6. The van der Waals surface area contributed by atoms with Crippen LogP contribution >= 0.6 is 0 Å². The number of amides is 1. The van der Waals surface area contributed by atoms with Crippen LogP contribution < -0.4 is 0 Å². The third-order valence-corrected chi connectivity index (χ3v) is 5.11. The van der Waals surface area contributed by atoms with Gasteiger partial charge in [-0.15, -0.1) is 0 Å². The zero-order valence-corrected chi connectivity index (χ0v) is 15.1. The number of hydrogen-bond donors (Lipinski definition) is 0. The Kier molecular flexibility index (Phi) is 4.89. The van der Waals surface area contributed by atoms with Crippen molar-refractivity contribution in [3.8, 4) is 11.8 Å². The van der Waals surface area contributed by atoms with Crippen molar-refractivity contribution in [2.24, 2.45) is 5.92 Å². The van der Waals surface area contributed by atoms with Crippen LogP contribution in [0.15, 0.2) is 30.5 Å². The molecular weight excluding hydrogens is 312 g/mol. The van der Waals surface area contributed by atoms with Gasteiger partial charge in [0, 0.05) is 12.6 Å². The Labute approximate surface area is 148 Å². The molecule has 0 N–H and O–H groups in total. The molecule has 1 atom stereocenters. The van der Waals surface area contributed by atoms with Crippen LogP contribution in [0.2, 0.25) is 0 Å². The average Bonchev–Trinajstić information content (AvgIpc) is 3.38. The molecule has 0 spiro atoms. The molecule has 0 aliphatic heterocycles. The fraction of sp³-hybridized carbons (Fsp3) is 0.450. The minimum atomic E-state index is -0.0213. The molecule has 5 heteroatoms. The molecule has 1 aromatic heterocycles. The van der Waals surface area contributed by atoms with Crippen LogP contribution in [0.5, 0.6) is 0 Å². The highest BCUT2D eigenvalue weighted by Crippen LogP contribution is 2.36. The van der Waals surface area contributed by atoms with E-state index in [-0.39, 0.29) is 11.9 Å². The molecule has 3 rings (SSSR count). The van der Waals surface area contributed by atoms with E-state index in [0.29, 0.717) is 24.4 Å². The molecule has 0 saturated heterocycles. The van der Waals surface area contributed by atoms with Crippen molar-refractivity contribution in [2.45, 2.75) is 46.1 Å². The van der Waals surface area contributed by atoms with Gasteiger partial charge < -0.3 is 4.90 Å². The van der Waals surface area contributed by atoms with Crippen LogP contribution in [0.4, 0.5) is 0 Å². The Morgan fingerprint density at radius 3 is 2.76 bits per heavy atom. The Morgan fingerprint density at radius 2 is 2.12 bits per heavy atom. The first-order valence-electron chi connectivity index (χ1n) is 8.83. The SMILES string of the molecule is Cc1ccccc1-n1ncc(C(=O)N(CCC#N)C(C)C2CC2)c1C. The smallest absolute Gasteiger partial charge is 0.257 e. The van der Waals surface area contributed by atoms with Crippen LogP contribution in [-0.4, -0.2) is 33.2 Å². The number of carbonyl (C=O) groups excluding carboxylic acids is 1. The highest BCUT2D eigenvalue weighted by Gasteiger charge is 2.35. The minimum Gasteiger partial charge on any atom is -0.335 e. The molecule has 1 aliphatic carbocycles. The standard InChI is InChI=1S/C20H24N4O/c1-14-7-4-5-8-19(14)24-16(3)18(13-22-24)20(25)23(12-6-11-21)15(2)17-9-10-17/h4-5,7-8,13,15,17H,6,9-10,12H2,1-3H3. The van der Waals surface area contributed by atoms with Crippen molar-refractivity contribution in [3.63, 3.8) is 0 Å². The molecule has 1 saturated carbocycles. The van der Waals surface area contributed by atoms with Crippen LogP contribution in [-0.2, 0) is 0 Å². The summed E-state index contributed by atoms with van der Waals surface area (Å²) >= 11 is 0. The molecule has 1 fully saturated rings. The molecule has 1 heterocycles. The normalized spacial score (nSPS) is 14.8. The maximum absolute atomic E-state index is 13.1. The summed E-state index contributed by atoms with van der Waals surface area (Å²) in [5.74, 6) is 0.543. The molecule has 5 nitrogen and oxygen atoms in total. The second-order valence-corrected chi connectivity index (χ2v) is 6.83. The summed E-state index contributed by atoms with van der Waals surface area (Å²) in [6.45, 7) is 6.53. The van der Waals surface area contributed by atoms with E-state index in [9.17, 15) is 4.79 Å². The summed E-state index contributed by atoms with van der Waals surface area (Å²) in [7, 11) is 0. The van der Waals surface area contributed by atoms with E-state index in [4.69, 9.17) is 5.26 Å². The fourth-order valence-corrected chi connectivity index (χ4v) is 3.31. The van der Waals surface area contributed by atoms with Gasteiger partial charge in [0.25, 0.3) is 5.91 Å². The van der Waals surface area contributed by atoms with Crippen molar-refractivity contribution in [1.29, 1.82) is 5.26 Å². The van der Waals surface area contributed by atoms with Gasteiger partial charge in [-0.1, -0.05) is 18.2 Å². The second kappa shape index (κ2) is 7.10. The summed E-state index contributed by atoms with van der Waals surface area (Å²) in [5, 5.41) is 13.4. The maximum atomic E-state index is 13.1. The molecule has 25 heavy (non-hydrogen) atoms. The first-order valence-corrected chi connectivity index (χ1v) is 8.83. The first kappa shape index (κ1) is 17.2. The Bertz CT molecular complexity index is 813. The van der Waals surface area contributed by atoms with Gasteiger partial charge in [0.05, 0.1) is 35.6 Å². The highest BCUT2D eigenvalue weighted by atomic mass is 16.2. The number of para-hydroxylation sites is 1. The maximum Gasteiger partial charge on any atom is 0.257 e. The Morgan fingerprint density at radius 1 is 1.40 bits per heavy atom. The molecule has 130 valence electrons. The molecule has 1 aromatic carbocycles. The lowest BCUT2D eigenvalue weighted by atomic mass is 10.1. The van der Waals surface area contributed by atoms with Crippen molar-refractivity contribution >= 4 is 5.91 Å².